The van der Waals surface area contributed by atoms with Crippen molar-refractivity contribution < 1.29 is 0 Å². The van der Waals surface area contributed by atoms with E-state index < -0.39 is 0 Å². The van der Waals surface area contributed by atoms with Gasteiger partial charge in [0.05, 0.1) is 6.54 Å². The van der Waals surface area contributed by atoms with Gasteiger partial charge in [0, 0.05) is 25.1 Å². The Hall–Kier alpha value is -1.84. The molecule has 0 saturated heterocycles. The fraction of sp³-hybridized carbons (Fsp3) is 0.273. The van der Waals surface area contributed by atoms with Gasteiger partial charge in [0.15, 0.2) is 0 Å². The Balaban J connectivity index is 1.81. The molecule has 0 unspecified atom stereocenters. The first-order chi connectivity index (χ1) is 7.34. The SMILES string of the molecule is Cc1ccc(NCCn2cccn2)nc1. The molecule has 2 rings (SSSR count). The topological polar surface area (TPSA) is 42.7 Å². The number of hydrogen-bond acceptors (Lipinski definition) is 3. The highest BCUT2D eigenvalue weighted by Crippen LogP contribution is 2.02. The Bertz CT molecular complexity index is 391. The standard InChI is InChI=1S/C11H14N4/c1-10-3-4-11(13-9-10)12-6-8-15-7-2-5-14-15/h2-5,7,9H,6,8H2,1H3,(H,12,13). The van der Waals surface area contributed by atoms with Crippen molar-refractivity contribution in [1.29, 1.82) is 0 Å². The highest BCUT2D eigenvalue weighted by atomic mass is 15.3. The molecule has 15 heavy (non-hydrogen) atoms. The number of nitrogens with one attached hydrogen (secondary N) is 1. The summed E-state index contributed by atoms with van der Waals surface area (Å²) in [5, 5.41) is 7.36. The quantitative estimate of drug-likeness (QED) is 0.820. The summed E-state index contributed by atoms with van der Waals surface area (Å²) >= 11 is 0. The molecule has 4 nitrogen and oxygen atoms in total. The second-order valence-electron chi connectivity index (χ2n) is 3.42. The summed E-state index contributed by atoms with van der Waals surface area (Å²) in [5.74, 6) is 0.910. The average Bonchev–Trinajstić information content (AvgIpc) is 2.74. The highest BCUT2D eigenvalue weighted by molar-refractivity contribution is 5.34. The van der Waals surface area contributed by atoms with Crippen LogP contribution in [-0.2, 0) is 6.54 Å². The van der Waals surface area contributed by atoms with Crippen molar-refractivity contribution in [3.05, 3.63) is 42.4 Å². The van der Waals surface area contributed by atoms with E-state index in [1.807, 2.05) is 42.2 Å². The summed E-state index contributed by atoms with van der Waals surface area (Å²) in [7, 11) is 0. The van der Waals surface area contributed by atoms with Gasteiger partial charge in [0.2, 0.25) is 0 Å². The van der Waals surface area contributed by atoms with Crippen molar-refractivity contribution in [2.45, 2.75) is 13.5 Å². The molecule has 0 amide bonds. The maximum atomic E-state index is 4.26. The molecule has 0 aliphatic rings. The summed E-state index contributed by atoms with van der Waals surface area (Å²) in [5.41, 5.74) is 1.17. The van der Waals surface area contributed by atoms with Gasteiger partial charge in [-0.15, -0.1) is 0 Å². The molecule has 2 aromatic heterocycles. The Kier molecular flexibility index (Phi) is 2.97. The lowest BCUT2D eigenvalue weighted by atomic mass is 10.3. The second kappa shape index (κ2) is 4.59. The molecule has 78 valence electrons. The van der Waals surface area contributed by atoms with Crippen LogP contribution in [0, 0.1) is 6.92 Å². The van der Waals surface area contributed by atoms with Crippen molar-refractivity contribution in [2.75, 3.05) is 11.9 Å². The van der Waals surface area contributed by atoms with Crippen molar-refractivity contribution in [1.82, 2.24) is 14.8 Å². The van der Waals surface area contributed by atoms with Gasteiger partial charge < -0.3 is 5.32 Å². The third kappa shape index (κ3) is 2.80. The molecule has 0 spiro atoms. The van der Waals surface area contributed by atoms with E-state index in [4.69, 9.17) is 0 Å². The predicted octanol–water partition coefficient (Wildman–Crippen LogP) is 1.70. The zero-order valence-electron chi connectivity index (χ0n) is 8.72. The van der Waals surface area contributed by atoms with E-state index >= 15 is 0 Å². The van der Waals surface area contributed by atoms with Crippen LogP contribution in [0.15, 0.2) is 36.8 Å². The van der Waals surface area contributed by atoms with Crippen LogP contribution < -0.4 is 5.32 Å². The molecule has 0 fully saturated rings. The Morgan fingerprint density at radius 2 is 2.33 bits per heavy atom. The first-order valence-corrected chi connectivity index (χ1v) is 4.98. The van der Waals surface area contributed by atoms with E-state index in [2.05, 4.69) is 15.4 Å². The lowest BCUT2D eigenvalue weighted by molar-refractivity contribution is 0.637. The smallest absolute Gasteiger partial charge is 0.125 e. The van der Waals surface area contributed by atoms with Crippen LogP contribution in [0.3, 0.4) is 0 Å². The molecule has 0 radical (unpaired) electrons. The molecular formula is C11H14N4. The molecule has 0 atom stereocenters. The first-order valence-electron chi connectivity index (χ1n) is 4.98. The maximum absolute atomic E-state index is 4.26. The average molecular weight is 202 g/mol. The molecule has 0 saturated carbocycles. The number of hydrogen-bond donors (Lipinski definition) is 1. The van der Waals surface area contributed by atoms with E-state index in [-0.39, 0.29) is 0 Å². The third-order valence-corrected chi connectivity index (χ3v) is 2.12. The van der Waals surface area contributed by atoms with Crippen LogP contribution in [0.4, 0.5) is 5.82 Å². The van der Waals surface area contributed by atoms with Crippen molar-refractivity contribution >= 4 is 5.82 Å². The van der Waals surface area contributed by atoms with Gasteiger partial charge in [-0.25, -0.2) is 4.98 Å². The van der Waals surface area contributed by atoms with Crippen LogP contribution in [0.25, 0.3) is 0 Å². The number of rotatable bonds is 4. The Morgan fingerprint density at radius 1 is 1.40 bits per heavy atom. The number of pyridine rings is 1. The van der Waals surface area contributed by atoms with Crippen molar-refractivity contribution in [2.24, 2.45) is 0 Å². The molecule has 0 aliphatic heterocycles. The summed E-state index contributed by atoms with van der Waals surface area (Å²) in [6.45, 7) is 3.71. The maximum Gasteiger partial charge on any atom is 0.125 e. The van der Waals surface area contributed by atoms with Gasteiger partial charge in [0.25, 0.3) is 0 Å². The van der Waals surface area contributed by atoms with Gasteiger partial charge in [-0.1, -0.05) is 6.07 Å². The van der Waals surface area contributed by atoms with Crippen LogP contribution in [0.2, 0.25) is 0 Å². The lowest BCUT2D eigenvalue weighted by Gasteiger charge is -2.05. The predicted molar refractivity (Wildman–Crippen MR) is 59.7 cm³/mol. The van der Waals surface area contributed by atoms with Crippen LogP contribution in [0.5, 0.6) is 0 Å². The summed E-state index contributed by atoms with van der Waals surface area (Å²) in [6.07, 6.45) is 5.59. The fourth-order valence-corrected chi connectivity index (χ4v) is 1.30. The van der Waals surface area contributed by atoms with E-state index in [1.165, 1.54) is 5.56 Å². The Morgan fingerprint density at radius 3 is 3.00 bits per heavy atom. The first kappa shape index (κ1) is 9.71. The van der Waals surface area contributed by atoms with Gasteiger partial charge in [0.1, 0.15) is 5.82 Å². The zero-order chi connectivity index (χ0) is 10.5. The minimum absolute atomic E-state index is 0.831. The molecular weight excluding hydrogens is 188 g/mol. The van der Waals surface area contributed by atoms with E-state index in [0.717, 1.165) is 18.9 Å². The minimum atomic E-state index is 0.831. The zero-order valence-corrected chi connectivity index (χ0v) is 8.72. The largest absolute Gasteiger partial charge is 0.368 e. The fourth-order valence-electron chi connectivity index (χ4n) is 1.30. The summed E-state index contributed by atoms with van der Waals surface area (Å²) in [6, 6.07) is 5.95. The normalized spacial score (nSPS) is 10.2. The molecule has 2 heterocycles. The van der Waals surface area contributed by atoms with E-state index in [0.29, 0.717) is 0 Å². The lowest BCUT2D eigenvalue weighted by Crippen LogP contribution is -2.11. The molecule has 4 heteroatoms. The third-order valence-electron chi connectivity index (χ3n) is 2.12. The van der Waals surface area contributed by atoms with Crippen LogP contribution in [0.1, 0.15) is 5.56 Å². The van der Waals surface area contributed by atoms with Gasteiger partial charge >= 0.3 is 0 Å². The monoisotopic (exact) mass is 202 g/mol. The van der Waals surface area contributed by atoms with Crippen LogP contribution in [-0.4, -0.2) is 21.3 Å². The summed E-state index contributed by atoms with van der Waals surface area (Å²) < 4.78 is 1.89. The second-order valence-corrected chi connectivity index (χ2v) is 3.42. The van der Waals surface area contributed by atoms with Crippen LogP contribution >= 0.6 is 0 Å². The molecule has 2 aromatic rings. The Labute approximate surface area is 89.0 Å². The minimum Gasteiger partial charge on any atom is -0.368 e. The highest BCUT2D eigenvalue weighted by Gasteiger charge is 1.93. The molecule has 1 N–H and O–H groups in total. The van der Waals surface area contributed by atoms with E-state index in [1.54, 1.807) is 6.20 Å². The number of anilines is 1. The van der Waals surface area contributed by atoms with Gasteiger partial charge in [-0.3, -0.25) is 4.68 Å². The molecule has 0 aliphatic carbocycles. The van der Waals surface area contributed by atoms with E-state index in [9.17, 15) is 0 Å². The number of aromatic nitrogens is 3. The molecule has 0 aromatic carbocycles. The number of aryl methyl sites for hydroxylation is 1. The van der Waals surface area contributed by atoms with Gasteiger partial charge in [-0.05, 0) is 24.6 Å². The summed E-state index contributed by atoms with van der Waals surface area (Å²) in [4.78, 5) is 4.26. The van der Waals surface area contributed by atoms with Crippen molar-refractivity contribution in [3.8, 4) is 0 Å². The van der Waals surface area contributed by atoms with Crippen molar-refractivity contribution in [3.63, 3.8) is 0 Å². The van der Waals surface area contributed by atoms with Gasteiger partial charge in [-0.2, -0.15) is 5.10 Å². The number of nitrogens with zero attached hydrogens (tertiary/aromatic N) is 3. The molecule has 0 bridgehead atoms.